The van der Waals surface area contributed by atoms with Gasteiger partial charge in [-0.15, -0.1) is 0 Å². The summed E-state index contributed by atoms with van der Waals surface area (Å²) in [4.78, 5) is 0. The summed E-state index contributed by atoms with van der Waals surface area (Å²) in [5.74, 6) is 0.751. The molecule has 0 aromatic rings. The molecule has 0 amide bonds. The molecule has 2 nitrogen and oxygen atoms in total. The van der Waals surface area contributed by atoms with Crippen molar-refractivity contribution in [2.24, 2.45) is 5.92 Å². The van der Waals surface area contributed by atoms with E-state index in [0.29, 0.717) is 6.04 Å². The molecular formula is C8H18N2. The van der Waals surface area contributed by atoms with Crippen molar-refractivity contribution in [3.63, 3.8) is 0 Å². The summed E-state index contributed by atoms with van der Waals surface area (Å²) in [7, 11) is 0. The van der Waals surface area contributed by atoms with Crippen LogP contribution in [0.4, 0.5) is 0 Å². The van der Waals surface area contributed by atoms with Crippen molar-refractivity contribution in [3.05, 3.63) is 0 Å². The minimum absolute atomic E-state index is 0.659. The Bertz CT molecular complexity index is 97.4. The van der Waals surface area contributed by atoms with Gasteiger partial charge in [0.05, 0.1) is 0 Å². The minimum atomic E-state index is 0.659. The van der Waals surface area contributed by atoms with Crippen molar-refractivity contribution in [2.45, 2.75) is 32.9 Å². The number of nitrogens with one attached hydrogen (secondary N) is 2. The molecule has 1 atom stereocenters. The Kier molecular flexibility index (Phi) is 2.69. The van der Waals surface area contributed by atoms with Crippen LogP contribution in [0.5, 0.6) is 0 Å². The first-order chi connectivity index (χ1) is 4.70. The molecular weight excluding hydrogens is 124 g/mol. The van der Waals surface area contributed by atoms with Gasteiger partial charge in [0.2, 0.25) is 0 Å². The normalized spacial score (nSPS) is 22.8. The standard InChI is InChI=1S/C8H18N2/c1-6(2)7(3)10-8-4-9-5-8/h6-10H,4-5H2,1-3H3. The first-order valence-electron chi connectivity index (χ1n) is 4.17. The molecule has 1 aliphatic rings. The molecule has 0 radical (unpaired) electrons. The van der Waals surface area contributed by atoms with Crippen molar-refractivity contribution in [1.29, 1.82) is 0 Å². The fourth-order valence-electron chi connectivity index (χ4n) is 0.971. The highest BCUT2D eigenvalue weighted by Gasteiger charge is 2.19. The van der Waals surface area contributed by atoms with Gasteiger partial charge in [0.25, 0.3) is 0 Å². The SMILES string of the molecule is CC(C)C(C)NC1CNC1. The summed E-state index contributed by atoms with van der Waals surface area (Å²) < 4.78 is 0. The van der Waals surface area contributed by atoms with E-state index in [4.69, 9.17) is 0 Å². The molecule has 0 bridgehead atoms. The molecule has 1 rings (SSSR count). The Morgan fingerprint density at radius 2 is 1.90 bits per heavy atom. The third-order valence-electron chi connectivity index (χ3n) is 2.28. The zero-order valence-corrected chi connectivity index (χ0v) is 7.15. The highest BCUT2D eigenvalue weighted by molar-refractivity contribution is 4.84. The van der Waals surface area contributed by atoms with Crippen LogP contribution in [-0.4, -0.2) is 25.2 Å². The van der Waals surface area contributed by atoms with E-state index in [-0.39, 0.29) is 0 Å². The van der Waals surface area contributed by atoms with E-state index in [0.717, 1.165) is 25.0 Å². The Balaban J connectivity index is 2.10. The largest absolute Gasteiger partial charge is 0.314 e. The maximum absolute atomic E-state index is 3.55. The topological polar surface area (TPSA) is 24.1 Å². The van der Waals surface area contributed by atoms with Crippen LogP contribution in [0, 0.1) is 5.92 Å². The van der Waals surface area contributed by atoms with Crippen LogP contribution < -0.4 is 10.6 Å². The predicted octanol–water partition coefficient (Wildman–Crippen LogP) is 0.592. The lowest BCUT2D eigenvalue weighted by molar-refractivity contribution is 0.301. The molecule has 0 aromatic heterocycles. The summed E-state index contributed by atoms with van der Waals surface area (Å²) in [6.45, 7) is 9.06. The van der Waals surface area contributed by atoms with Crippen molar-refractivity contribution in [3.8, 4) is 0 Å². The zero-order valence-electron chi connectivity index (χ0n) is 7.15. The zero-order chi connectivity index (χ0) is 7.56. The monoisotopic (exact) mass is 142 g/mol. The summed E-state index contributed by atoms with van der Waals surface area (Å²) in [6, 6.07) is 1.39. The van der Waals surface area contributed by atoms with E-state index in [1.807, 2.05) is 0 Å². The highest BCUT2D eigenvalue weighted by Crippen LogP contribution is 2.02. The second-order valence-corrected chi connectivity index (χ2v) is 3.55. The average molecular weight is 142 g/mol. The van der Waals surface area contributed by atoms with Crippen molar-refractivity contribution < 1.29 is 0 Å². The molecule has 1 unspecified atom stereocenters. The van der Waals surface area contributed by atoms with Crippen LogP contribution in [0.2, 0.25) is 0 Å². The van der Waals surface area contributed by atoms with E-state index >= 15 is 0 Å². The number of hydrogen-bond donors (Lipinski definition) is 2. The van der Waals surface area contributed by atoms with Crippen LogP contribution in [0.25, 0.3) is 0 Å². The summed E-state index contributed by atoms with van der Waals surface area (Å²) >= 11 is 0. The smallest absolute Gasteiger partial charge is 0.0319 e. The lowest BCUT2D eigenvalue weighted by Gasteiger charge is -2.32. The minimum Gasteiger partial charge on any atom is -0.314 e. The van der Waals surface area contributed by atoms with Gasteiger partial charge in [0.1, 0.15) is 0 Å². The Morgan fingerprint density at radius 1 is 1.30 bits per heavy atom. The Labute approximate surface area is 63.4 Å². The molecule has 1 heterocycles. The molecule has 1 fully saturated rings. The summed E-state index contributed by atoms with van der Waals surface area (Å²) in [6.07, 6.45) is 0. The van der Waals surface area contributed by atoms with E-state index in [9.17, 15) is 0 Å². The van der Waals surface area contributed by atoms with Crippen molar-refractivity contribution >= 4 is 0 Å². The number of hydrogen-bond acceptors (Lipinski definition) is 2. The molecule has 0 spiro atoms. The molecule has 0 aliphatic carbocycles. The van der Waals surface area contributed by atoms with E-state index in [1.54, 1.807) is 0 Å². The lowest BCUT2D eigenvalue weighted by Crippen LogP contribution is -2.58. The molecule has 10 heavy (non-hydrogen) atoms. The highest BCUT2D eigenvalue weighted by atomic mass is 15.1. The van der Waals surface area contributed by atoms with Crippen LogP contribution in [0.15, 0.2) is 0 Å². The second kappa shape index (κ2) is 3.35. The predicted molar refractivity (Wildman–Crippen MR) is 44.1 cm³/mol. The first-order valence-corrected chi connectivity index (χ1v) is 4.17. The molecule has 0 saturated carbocycles. The lowest BCUT2D eigenvalue weighted by atomic mass is 10.0. The van der Waals surface area contributed by atoms with Gasteiger partial charge in [-0.2, -0.15) is 0 Å². The van der Waals surface area contributed by atoms with Crippen LogP contribution >= 0.6 is 0 Å². The molecule has 0 aromatic carbocycles. The van der Waals surface area contributed by atoms with Crippen LogP contribution in [0.3, 0.4) is 0 Å². The van der Waals surface area contributed by atoms with Crippen LogP contribution in [0.1, 0.15) is 20.8 Å². The van der Waals surface area contributed by atoms with E-state index in [1.165, 1.54) is 0 Å². The van der Waals surface area contributed by atoms with Gasteiger partial charge in [0.15, 0.2) is 0 Å². The Morgan fingerprint density at radius 3 is 2.20 bits per heavy atom. The molecule has 60 valence electrons. The third-order valence-corrected chi connectivity index (χ3v) is 2.28. The molecule has 1 aliphatic heterocycles. The van der Waals surface area contributed by atoms with Crippen molar-refractivity contribution in [2.75, 3.05) is 13.1 Å². The fourth-order valence-corrected chi connectivity index (χ4v) is 0.971. The fraction of sp³-hybridized carbons (Fsp3) is 1.00. The average Bonchev–Trinajstić information content (AvgIpc) is 1.77. The molecule has 2 heteroatoms. The van der Waals surface area contributed by atoms with Gasteiger partial charge in [-0.25, -0.2) is 0 Å². The van der Waals surface area contributed by atoms with Crippen molar-refractivity contribution in [1.82, 2.24) is 10.6 Å². The van der Waals surface area contributed by atoms with Crippen LogP contribution in [-0.2, 0) is 0 Å². The van der Waals surface area contributed by atoms with Gasteiger partial charge in [0, 0.05) is 25.2 Å². The summed E-state index contributed by atoms with van der Waals surface area (Å²) in [5, 5.41) is 6.80. The van der Waals surface area contributed by atoms with Gasteiger partial charge < -0.3 is 10.6 Å². The van der Waals surface area contributed by atoms with E-state index in [2.05, 4.69) is 31.4 Å². The second-order valence-electron chi connectivity index (χ2n) is 3.55. The third kappa shape index (κ3) is 1.96. The quantitative estimate of drug-likeness (QED) is 0.602. The first kappa shape index (κ1) is 8.02. The molecule has 2 N–H and O–H groups in total. The van der Waals surface area contributed by atoms with Gasteiger partial charge in [-0.1, -0.05) is 13.8 Å². The molecule has 1 saturated heterocycles. The van der Waals surface area contributed by atoms with Gasteiger partial charge in [-0.05, 0) is 12.8 Å². The Hall–Kier alpha value is -0.0800. The van der Waals surface area contributed by atoms with E-state index < -0.39 is 0 Å². The summed E-state index contributed by atoms with van der Waals surface area (Å²) in [5.41, 5.74) is 0. The van der Waals surface area contributed by atoms with Gasteiger partial charge in [-0.3, -0.25) is 0 Å². The maximum atomic E-state index is 3.55. The maximum Gasteiger partial charge on any atom is 0.0319 e. The van der Waals surface area contributed by atoms with Gasteiger partial charge >= 0.3 is 0 Å². The number of rotatable bonds is 3.